The Kier molecular flexibility index (Phi) is 3.33. The first-order valence-corrected chi connectivity index (χ1v) is 8.97. The molecule has 0 fully saturated rings. The summed E-state index contributed by atoms with van der Waals surface area (Å²) in [4.78, 5) is 7.10. The van der Waals surface area contributed by atoms with Crippen molar-refractivity contribution in [2.75, 3.05) is 19.1 Å². The number of rotatable bonds is 1. The van der Waals surface area contributed by atoms with E-state index in [1.165, 1.54) is 0 Å². The Bertz CT molecular complexity index is 1220. The number of pyridine rings is 1. The highest BCUT2D eigenvalue weighted by Crippen LogP contribution is 2.49. The molecule has 0 N–H and O–H groups in total. The molecule has 0 saturated heterocycles. The molecule has 0 bridgehead atoms. The number of ether oxygens (including phenoxy) is 1. The summed E-state index contributed by atoms with van der Waals surface area (Å²) in [6.45, 7) is 0. The van der Waals surface area contributed by atoms with Crippen molar-refractivity contribution in [2.24, 2.45) is 0 Å². The molecule has 2 heterocycles. The molecule has 128 valence electrons. The highest BCUT2D eigenvalue weighted by molar-refractivity contribution is 6.32. The number of benzene rings is 3. The molecule has 0 unspecified atom stereocenters. The van der Waals surface area contributed by atoms with E-state index in [1.54, 1.807) is 7.11 Å². The van der Waals surface area contributed by atoms with E-state index in [2.05, 4.69) is 11.0 Å². The van der Waals surface area contributed by atoms with Crippen LogP contribution in [0.2, 0.25) is 10.0 Å². The Labute approximate surface area is 160 Å². The van der Waals surface area contributed by atoms with Crippen LogP contribution in [-0.4, -0.2) is 19.1 Å². The molecular weight excluding hydrogens is 367 g/mol. The molecule has 0 saturated carbocycles. The lowest BCUT2D eigenvalue weighted by Gasteiger charge is -2.30. The molecule has 3 nitrogen and oxygen atoms in total. The van der Waals surface area contributed by atoms with E-state index in [9.17, 15) is 0 Å². The Hall–Kier alpha value is -2.49. The van der Waals surface area contributed by atoms with Crippen molar-refractivity contribution in [2.45, 2.75) is 0 Å². The van der Waals surface area contributed by atoms with Crippen molar-refractivity contribution in [1.82, 2.24) is 4.98 Å². The van der Waals surface area contributed by atoms with Crippen LogP contribution < -0.4 is 9.64 Å². The van der Waals surface area contributed by atoms with E-state index in [4.69, 9.17) is 32.9 Å². The maximum atomic E-state index is 6.26. The third kappa shape index (κ3) is 2.11. The lowest BCUT2D eigenvalue weighted by atomic mass is 9.93. The van der Waals surface area contributed by atoms with Crippen LogP contribution in [0.15, 0.2) is 48.5 Å². The molecule has 26 heavy (non-hydrogen) atoms. The predicted molar refractivity (Wildman–Crippen MR) is 109 cm³/mol. The molecular formula is C21H14Cl2N2O. The second-order valence-electron chi connectivity index (χ2n) is 6.41. The summed E-state index contributed by atoms with van der Waals surface area (Å²) in [6.07, 6.45) is 0. The van der Waals surface area contributed by atoms with Crippen molar-refractivity contribution in [3.8, 4) is 17.0 Å². The Morgan fingerprint density at radius 3 is 2.46 bits per heavy atom. The van der Waals surface area contributed by atoms with Gasteiger partial charge in [-0.15, -0.1) is 0 Å². The summed E-state index contributed by atoms with van der Waals surface area (Å²) in [7, 11) is 3.72. The first kappa shape index (κ1) is 15.7. The van der Waals surface area contributed by atoms with Gasteiger partial charge in [-0.2, -0.15) is 0 Å². The van der Waals surface area contributed by atoms with Gasteiger partial charge in [0.05, 0.1) is 29.7 Å². The van der Waals surface area contributed by atoms with Gasteiger partial charge in [-0.1, -0.05) is 23.2 Å². The minimum atomic E-state index is 0.690. The second-order valence-corrected chi connectivity index (χ2v) is 7.28. The van der Waals surface area contributed by atoms with Gasteiger partial charge in [0, 0.05) is 39.5 Å². The molecule has 3 aromatic carbocycles. The average molecular weight is 381 g/mol. The van der Waals surface area contributed by atoms with Crippen molar-refractivity contribution < 1.29 is 4.74 Å². The van der Waals surface area contributed by atoms with Crippen LogP contribution in [0, 0.1) is 0 Å². The highest BCUT2D eigenvalue weighted by atomic mass is 35.5. The van der Waals surface area contributed by atoms with Gasteiger partial charge in [0.1, 0.15) is 5.75 Å². The highest BCUT2D eigenvalue weighted by Gasteiger charge is 2.26. The standard InChI is InChI=1S/C21H14Cl2N2O/c1-25-18-8-12(23)3-5-14(18)21-20-16(9-13(26-2)10-19(20)25)15-7-11(22)4-6-17(15)24-21/h3-10H,1-2H3. The zero-order chi connectivity index (χ0) is 18.0. The van der Waals surface area contributed by atoms with Crippen molar-refractivity contribution in [3.63, 3.8) is 0 Å². The monoisotopic (exact) mass is 380 g/mol. The summed E-state index contributed by atoms with van der Waals surface area (Å²) in [5.41, 5.74) is 4.99. The van der Waals surface area contributed by atoms with E-state index in [0.717, 1.165) is 50.1 Å². The van der Waals surface area contributed by atoms with Gasteiger partial charge >= 0.3 is 0 Å². The SMILES string of the molecule is COc1cc2c3c(nc4ccc(Cl)cc4c3c1)-c1ccc(Cl)cc1N2C. The predicted octanol–water partition coefficient (Wildman–Crippen LogP) is 6.45. The normalized spacial score (nSPS) is 12.5. The van der Waals surface area contributed by atoms with Crippen LogP contribution >= 0.6 is 23.2 Å². The topological polar surface area (TPSA) is 25.4 Å². The molecule has 0 radical (unpaired) electrons. The zero-order valence-corrected chi connectivity index (χ0v) is 15.7. The largest absolute Gasteiger partial charge is 0.497 e. The lowest BCUT2D eigenvalue weighted by Crippen LogP contribution is -2.15. The van der Waals surface area contributed by atoms with Gasteiger partial charge in [-0.05, 0) is 47.9 Å². The first-order valence-electron chi connectivity index (χ1n) is 8.21. The van der Waals surface area contributed by atoms with Gasteiger partial charge in [0.2, 0.25) is 0 Å². The molecule has 0 aliphatic carbocycles. The molecule has 0 amide bonds. The van der Waals surface area contributed by atoms with E-state index in [1.807, 2.05) is 49.5 Å². The molecule has 0 atom stereocenters. The second kappa shape index (κ2) is 5.50. The van der Waals surface area contributed by atoms with Gasteiger partial charge in [-0.3, -0.25) is 0 Å². The van der Waals surface area contributed by atoms with Gasteiger partial charge < -0.3 is 9.64 Å². The molecule has 5 rings (SSSR count). The minimum absolute atomic E-state index is 0.690. The van der Waals surface area contributed by atoms with Crippen molar-refractivity contribution in [3.05, 3.63) is 58.6 Å². The zero-order valence-electron chi connectivity index (χ0n) is 14.2. The number of hydrogen-bond donors (Lipinski definition) is 0. The summed E-state index contributed by atoms with van der Waals surface area (Å²) in [6, 6.07) is 15.8. The van der Waals surface area contributed by atoms with E-state index in [0.29, 0.717) is 10.0 Å². The Morgan fingerprint density at radius 2 is 1.65 bits per heavy atom. The Balaban J connectivity index is 2.03. The molecule has 5 heteroatoms. The van der Waals surface area contributed by atoms with Gasteiger partial charge in [0.25, 0.3) is 0 Å². The van der Waals surface area contributed by atoms with E-state index in [-0.39, 0.29) is 0 Å². The van der Waals surface area contributed by atoms with Gasteiger partial charge in [-0.25, -0.2) is 4.98 Å². The van der Waals surface area contributed by atoms with Crippen LogP contribution in [0.25, 0.3) is 32.9 Å². The average Bonchev–Trinajstić information content (AvgIpc) is 2.65. The van der Waals surface area contributed by atoms with Crippen LogP contribution in [0.1, 0.15) is 0 Å². The van der Waals surface area contributed by atoms with Crippen molar-refractivity contribution in [1.29, 1.82) is 0 Å². The van der Waals surface area contributed by atoms with Gasteiger partial charge in [0.15, 0.2) is 0 Å². The summed E-state index contributed by atoms with van der Waals surface area (Å²) in [5, 5.41) is 4.58. The summed E-state index contributed by atoms with van der Waals surface area (Å²) in [5.74, 6) is 0.795. The smallest absolute Gasteiger partial charge is 0.121 e. The number of methoxy groups -OCH3 is 1. The number of anilines is 2. The molecule has 1 aromatic heterocycles. The third-order valence-corrected chi connectivity index (χ3v) is 5.45. The quantitative estimate of drug-likeness (QED) is 0.354. The number of halogens is 2. The van der Waals surface area contributed by atoms with Crippen LogP contribution in [0.5, 0.6) is 5.75 Å². The first-order chi connectivity index (χ1) is 12.6. The number of fused-ring (bicyclic) bond motifs is 4. The fourth-order valence-electron chi connectivity index (χ4n) is 3.75. The molecule has 0 spiro atoms. The number of hydrogen-bond acceptors (Lipinski definition) is 3. The lowest BCUT2D eigenvalue weighted by molar-refractivity contribution is 0.415. The van der Waals surface area contributed by atoms with Crippen LogP contribution in [0.4, 0.5) is 11.4 Å². The number of aromatic nitrogens is 1. The van der Waals surface area contributed by atoms with E-state index < -0.39 is 0 Å². The summed E-state index contributed by atoms with van der Waals surface area (Å²) < 4.78 is 5.56. The van der Waals surface area contributed by atoms with E-state index >= 15 is 0 Å². The molecule has 1 aliphatic rings. The van der Waals surface area contributed by atoms with Crippen molar-refractivity contribution >= 4 is 56.3 Å². The maximum absolute atomic E-state index is 6.26. The van der Waals surface area contributed by atoms with Crippen LogP contribution in [0.3, 0.4) is 0 Å². The Morgan fingerprint density at radius 1 is 0.885 bits per heavy atom. The maximum Gasteiger partial charge on any atom is 0.121 e. The summed E-state index contributed by atoms with van der Waals surface area (Å²) >= 11 is 12.5. The minimum Gasteiger partial charge on any atom is -0.497 e. The third-order valence-electron chi connectivity index (χ3n) is 4.98. The fourth-order valence-corrected chi connectivity index (χ4v) is 4.09. The fraction of sp³-hybridized carbons (Fsp3) is 0.0952. The molecule has 4 aromatic rings. The molecule has 1 aliphatic heterocycles. The number of nitrogens with zero attached hydrogens (tertiary/aromatic N) is 2. The van der Waals surface area contributed by atoms with Crippen LogP contribution in [-0.2, 0) is 0 Å².